The van der Waals surface area contributed by atoms with E-state index in [9.17, 15) is 4.79 Å². The highest BCUT2D eigenvalue weighted by Gasteiger charge is 2.21. The summed E-state index contributed by atoms with van der Waals surface area (Å²) in [5.74, 6) is 0.878. The summed E-state index contributed by atoms with van der Waals surface area (Å²) in [6.07, 6.45) is 6.05. The molecule has 2 heterocycles. The van der Waals surface area contributed by atoms with Gasteiger partial charge in [-0.15, -0.1) is 0 Å². The minimum absolute atomic E-state index is 0.355. The molecule has 0 aliphatic carbocycles. The second kappa shape index (κ2) is 5.61. The average Bonchev–Trinajstić information content (AvgIpc) is 2.86. The average molecular weight is 212 g/mol. The van der Waals surface area contributed by atoms with Gasteiger partial charge in [-0.05, 0) is 31.6 Å². The number of rotatable bonds is 5. The van der Waals surface area contributed by atoms with Crippen LogP contribution in [0.4, 0.5) is 0 Å². The van der Waals surface area contributed by atoms with Crippen LogP contribution in [0.5, 0.6) is 0 Å². The van der Waals surface area contributed by atoms with Crippen LogP contribution in [0.15, 0.2) is 0 Å². The molecule has 0 aromatic heterocycles. The molecule has 2 fully saturated rings. The zero-order valence-corrected chi connectivity index (χ0v) is 9.24. The molecule has 15 heavy (non-hydrogen) atoms. The van der Waals surface area contributed by atoms with E-state index >= 15 is 0 Å². The van der Waals surface area contributed by atoms with Gasteiger partial charge in [-0.1, -0.05) is 0 Å². The van der Waals surface area contributed by atoms with E-state index in [4.69, 9.17) is 9.47 Å². The van der Waals surface area contributed by atoms with E-state index in [1.165, 1.54) is 0 Å². The van der Waals surface area contributed by atoms with Gasteiger partial charge in [0.25, 0.3) is 0 Å². The zero-order chi connectivity index (χ0) is 10.5. The van der Waals surface area contributed by atoms with Crippen molar-refractivity contribution in [2.45, 2.75) is 44.6 Å². The van der Waals surface area contributed by atoms with Gasteiger partial charge in [-0.2, -0.15) is 0 Å². The molecule has 0 amide bonds. The normalized spacial score (nSPS) is 30.9. The summed E-state index contributed by atoms with van der Waals surface area (Å²) in [7, 11) is 0. The summed E-state index contributed by atoms with van der Waals surface area (Å²) in [5, 5.41) is 0. The molecule has 86 valence electrons. The highest BCUT2D eigenvalue weighted by molar-refractivity contribution is 5.78. The Kier molecular flexibility index (Phi) is 4.15. The lowest BCUT2D eigenvalue weighted by Crippen LogP contribution is -2.12. The topological polar surface area (TPSA) is 35.5 Å². The SMILES string of the molecule is O=C(CCC1CCCO1)CC1CCOC1. The first-order valence-electron chi connectivity index (χ1n) is 6.05. The van der Waals surface area contributed by atoms with Crippen molar-refractivity contribution in [2.75, 3.05) is 19.8 Å². The van der Waals surface area contributed by atoms with Gasteiger partial charge in [0.15, 0.2) is 0 Å². The van der Waals surface area contributed by atoms with Crippen LogP contribution in [-0.2, 0) is 14.3 Å². The van der Waals surface area contributed by atoms with Crippen molar-refractivity contribution in [2.24, 2.45) is 5.92 Å². The molecule has 0 aromatic carbocycles. The fraction of sp³-hybridized carbons (Fsp3) is 0.917. The molecule has 0 spiro atoms. The van der Waals surface area contributed by atoms with Crippen LogP contribution in [0.2, 0.25) is 0 Å². The number of ether oxygens (including phenoxy) is 2. The minimum atomic E-state index is 0.355. The molecule has 2 aliphatic heterocycles. The Balaban J connectivity index is 1.59. The molecule has 3 heteroatoms. The van der Waals surface area contributed by atoms with Gasteiger partial charge < -0.3 is 9.47 Å². The van der Waals surface area contributed by atoms with Gasteiger partial charge >= 0.3 is 0 Å². The Morgan fingerprint density at radius 2 is 2.20 bits per heavy atom. The third-order valence-corrected chi connectivity index (χ3v) is 3.31. The Hall–Kier alpha value is -0.410. The second-order valence-electron chi connectivity index (χ2n) is 4.65. The van der Waals surface area contributed by atoms with Crippen molar-refractivity contribution in [3.05, 3.63) is 0 Å². The van der Waals surface area contributed by atoms with Crippen LogP contribution in [0.25, 0.3) is 0 Å². The highest BCUT2D eigenvalue weighted by atomic mass is 16.5. The van der Waals surface area contributed by atoms with Gasteiger partial charge in [0, 0.05) is 32.7 Å². The van der Waals surface area contributed by atoms with Crippen LogP contribution < -0.4 is 0 Å². The van der Waals surface area contributed by atoms with E-state index in [0.29, 0.717) is 30.6 Å². The first-order chi connectivity index (χ1) is 7.34. The zero-order valence-electron chi connectivity index (χ0n) is 9.24. The van der Waals surface area contributed by atoms with Crippen LogP contribution >= 0.6 is 0 Å². The van der Waals surface area contributed by atoms with Crippen LogP contribution in [0.3, 0.4) is 0 Å². The van der Waals surface area contributed by atoms with Gasteiger partial charge in [0.1, 0.15) is 5.78 Å². The molecule has 2 saturated heterocycles. The third-order valence-electron chi connectivity index (χ3n) is 3.31. The van der Waals surface area contributed by atoms with E-state index in [1.54, 1.807) is 0 Å². The standard InChI is InChI=1S/C12H20O3/c13-11(8-10-5-7-14-9-10)3-4-12-2-1-6-15-12/h10,12H,1-9H2. The minimum Gasteiger partial charge on any atom is -0.381 e. The number of hydrogen-bond acceptors (Lipinski definition) is 3. The monoisotopic (exact) mass is 212 g/mol. The molecule has 0 aromatic rings. The Morgan fingerprint density at radius 1 is 1.27 bits per heavy atom. The van der Waals surface area contributed by atoms with E-state index in [-0.39, 0.29) is 0 Å². The summed E-state index contributed by atoms with van der Waals surface area (Å²) in [6.45, 7) is 2.50. The first kappa shape index (κ1) is 11.1. The van der Waals surface area contributed by atoms with Crippen LogP contribution in [-0.4, -0.2) is 31.7 Å². The fourth-order valence-electron chi connectivity index (χ4n) is 2.36. The maximum Gasteiger partial charge on any atom is 0.133 e. The maximum absolute atomic E-state index is 11.6. The maximum atomic E-state index is 11.6. The van der Waals surface area contributed by atoms with Crippen LogP contribution in [0, 0.1) is 5.92 Å². The van der Waals surface area contributed by atoms with E-state index in [0.717, 1.165) is 45.5 Å². The van der Waals surface area contributed by atoms with Gasteiger partial charge in [-0.25, -0.2) is 0 Å². The second-order valence-corrected chi connectivity index (χ2v) is 4.65. The van der Waals surface area contributed by atoms with Crippen molar-refractivity contribution in [1.29, 1.82) is 0 Å². The molecular weight excluding hydrogens is 192 g/mol. The number of carbonyl (C=O) groups excluding carboxylic acids is 1. The van der Waals surface area contributed by atoms with Crippen molar-refractivity contribution in [3.8, 4) is 0 Å². The largest absolute Gasteiger partial charge is 0.381 e. The molecule has 3 nitrogen and oxygen atoms in total. The van der Waals surface area contributed by atoms with Crippen LogP contribution in [0.1, 0.15) is 38.5 Å². The third kappa shape index (κ3) is 3.58. The lowest BCUT2D eigenvalue weighted by Gasteiger charge is -2.09. The summed E-state index contributed by atoms with van der Waals surface area (Å²) in [4.78, 5) is 11.6. The quantitative estimate of drug-likeness (QED) is 0.698. The highest BCUT2D eigenvalue weighted by Crippen LogP contribution is 2.20. The number of ketones is 1. The Bertz CT molecular complexity index is 203. The predicted molar refractivity (Wildman–Crippen MR) is 56.8 cm³/mol. The number of Topliss-reactive ketones (excluding diaryl/α,β-unsaturated/α-hetero) is 1. The summed E-state index contributed by atoms with van der Waals surface area (Å²) >= 11 is 0. The Labute approximate surface area is 91.1 Å². The number of hydrogen-bond donors (Lipinski definition) is 0. The molecule has 0 bridgehead atoms. The van der Waals surface area contributed by atoms with Gasteiger partial charge in [0.05, 0.1) is 6.10 Å². The molecular formula is C12H20O3. The van der Waals surface area contributed by atoms with Crippen molar-refractivity contribution in [1.82, 2.24) is 0 Å². The van der Waals surface area contributed by atoms with Crippen molar-refractivity contribution >= 4 is 5.78 Å². The molecule has 2 rings (SSSR count). The van der Waals surface area contributed by atoms with E-state index in [1.807, 2.05) is 0 Å². The lowest BCUT2D eigenvalue weighted by atomic mass is 9.98. The molecule has 0 N–H and O–H groups in total. The molecule has 2 atom stereocenters. The van der Waals surface area contributed by atoms with Crippen molar-refractivity contribution < 1.29 is 14.3 Å². The molecule has 0 saturated carbocycles. The summed E-state index contributed by atoms with van der Waals surface area (Å²) in [6, 6.07) is 0. The summed E-state index contributed by atoms with van der Waals surface area (Å²) < 4.78 is 10.8. The first-order valence-corrected chi connectivity index (χ1v) is 6.05. The van der Waals surface area contributed by atoms with E-state index < -0.39 is 0 Å². The van der Waals surface area contributed by atoms with Gasteiger partial charge in [0.2, 0.25) is 0 Å². The Morgan fingerprint density at radius 3 is 2.87 bits per heavy atom. The predicted octanol–water partition coefficient (Wildman–Crippen LogP) is 1.94. The fourth-order valence-corrected chi connectivity index (χ4v) is 2.36. The van der Waals surface area contributed by atoms with E-state index in [2.05, 4.69) is 0 Å². The van der Waals surface area contributed by atoms with Crippen molar-refractivity contribution in [3.63, 3.8) is 0 Å². The lowest BCUT2D eigenvalue weighted by molar-refractivity contribution is -0.120. The smallest absolute Gasteiger partial charge is 0.133 e. The molecule has 0 radical (unpaired) electrons. The number of carbonyl (C=O) groups is 1. The summed E-state index contributed by atoms with van der Waals surface area (Å²) in [5.41, 5.74) is 0. The molecule has 2 unspecified atom stereocenters. The molecule has 2 aliphatic rings. The van der Waals surface area contributed by atoms with Gasteiger partial charge in [-0.3, -0.25) is 4.79 Å².